The van der Waals surface area contributed by atoms with Crippen molar-refractivity contribution in [1.29, 1.82) is 0 Å². The lowest BCUT2D eigenvalue weighted by atomic mass is 10.1. The van der Waals surface area contributed by atoms with Gasteiger partial charge < -0.3 is 21.7 Å². The molecule has 0 fully saturated rings. The van der Waals surface area contributed by atoms with Crippen LogP contribution in [0.4, 0.5) is 0 Å². The third-order valence-corrected chi connectivity index (χ3v) is 4.63. The molecule has 3 nitrogen and oxygen atoms in total. The summed E-state index contributed by atoms with van der Waals surface area (Å²) in [6.45, 7) is 2.39. The fraction of sp³-hybridized carbons (Fsp3) is 0.176. The number of hydrogen-bond donors (Lipinski definition) is 0. The van der Waals surface area contributed by atoms with Gasteiger partial charge in [0.25, 0.3) is 0 Å². The minimum absolute atomic E-state index is 0. The van der Waals surface area contributed by atoms with E-state index in [1.54, 1.807) is 24.5 Å². The van der Waals surface area contributed by atoms with Gasteiger partial charge in [0.05, 0.1) is 7.11 Å². The molecule has 1 aromatic carbocycles. The number of Topliss-reactive ketones (excluding diaryl/α,β-unsaturated/α-hetero) is 1. The Balaban J connectivity index is 0.00000176. The first-order chi connectivity index (χ1) is 10.2. The van der Waals surface area contributed by atoms with Gasteiger partial charge in [0.2, 0.25) is 12.3 Å². The highest BCUT2D eigenvalue weighted by molar-refractivity contribution is 7.17. The van der Waals surface area contributed by atoms with Crippen molar-refractivity contribution < 1.29 is 31.1 Å². The Morgan fingerprint density at radius 3 is 2.86 bits per heavy atom. The molecule has 0 unspecified atom stereocenters. The zero-order valence-electron chi connectivity index (χ0n) is 12.4. The van der Waals surface area contributed by atoms with Gasteiger partial charge in [-0.2, -0.15) is 4.57 Å². The molecule has 3 rings (SSSR count). The Morgan fingerprint density at radius 2 is 2.09 bits per heavy atom. The summed E-state index contributed by atoms with van der Waals surface area (Å²) in [4.78, 5) is 12.4. The van der Waals surface area contributed by atoms with Crippen LogP contribution in [0.25, 0.3) is 10.1 Å². The predicted octanol–water partition coefficient (Wildman–Crippen LogP) is 0.393. The van der Waals surface area contributed by atoms with Gasteiger partial charge in [-0.25, -0.2) is 0 Å². The first-order valence-electron chi connectivity index (χ1n) is 6.72. The van der Waals surface area contributed by atoms with Gasteiger partial charge in [0.15, 0.2) is 11.9 Å². The third kappa shape index (κ3) is 3.20. The second kappa shape index (κ2) is 7.03. The van der Waals surface area contributed by atoms with Crippen molar-refractivity contribution in [2.75, 3.05) is 7.11 Å². The van der Waals surface area contributed by atoms with Gasteiger partial charge in [-0.05, 0) is 23.6 Å². The topological polar surface area (TPSA) is 30.2 Å². The molecule has 2 heterocycles. The summed E-state index contributed by atoms with van der Waals surface area (Å²) in [5.74, 6) is 0.786. The number of methoxy groups -OCH3 is 1. The minimum Gasteiger partial charge on any atom is -1.00 e. The van der Waals surface area contributed by atoms with E-state index in [-0.39, 0.29) is 22.8 Å². The molecule has 0 radical (unpaired) electrons. The Hall–Kier alpha value is -1.72. The summed E-state index contributed by atoms with van der Waals surface area (Å²) in [5.41, 5.74) is 1.80. The first-order valence-corrected chi connectivity index (χ1v) is 7.60. The summed E-state index contributed by atoms with van der Waals surface area (Å²) in [6, 6.07) is 11.4. The molecule has 2 aromatic heterocycles. The van der Waals surface area contributed by atoms with Gasteiger partial charge in [-0.15, -0.1) is 11.3 Å². The van der Waals surface area contributed by atoms with Crippen LogP contribution in [0, 0.1) is 6.92 Å². The average molecular weight is 378 g/mol. The number of aromatic nitrogens is 1. The standard InChI is InChI=1S/C17H16NO2S.BrH/c1-12-17-13(7-9-21-17)6-8-18(12)11-16(19)14-4-3-5-15(10-14)20-2;/h3-10H,11H2,1-2H3;1H/q+1;/p-1. The van der Waals surface area contributed by atoms with Crippen LogP contribution in [-0.2, 0) is 6.54 Å². The Labute approximate surface area is 143 Å². The first kappa shape index (κ1) is 16.6. The van der Waals surface area contributed by atoms with Crippen molar-refractivity contribution in [3.63, 3.8) is 0 Å². The number of benzene rings is 1. The van der Waals surface area contributed by atoms with E-state index in [4.69, 9.17) is 4.74 Å². The lowest BCUT2D eigenvalue weighted by molar-refractivity contribution is -0.687. The Bertz CT molecular complexity index is 813. The smallest absolute Gasteiger partial charge is 0.227 e. The highest BCUT2D eigenvalue weighted by Gasteiger charge is 2.17. The van der Waals surface area contributed by atoms with Crippen LogP contribution in [0.3, 0.4) is 0 Å². The van der Waals surface area contributed by atoms with Crippen LogP contribution in [0.2, 0.25) is 0 Å². The number of carbonyl (C=O) groups excluding carboxylic acids is 1. The molecule has 22 heavy (non-hydrogen) atoms. The quantitative estimate of drug-likeness (QED) is 0.486. The van der Waals surface area contributed by atoms with Crippen LogP contribution in [0.15, 0.2) is 48.0 Å². The van der Waals surface area contributed by atoms with Crippen molar-refractivity contribution in [1.82, 2.24) is 0 Å². The minimum atomic E-state index is 0. The SMILES string of the molecule is COc1cccc(C(=O)C[n+]2ccc3ccsc3c2C)c1.[Br-]. The molecular formula is C17H16BrNO2S. The van der Waals surface area contributed by atoms with Gasteiger partial charge in [0, 0.05) is 23.9 Å². The number of ether oxygens (including phenoxy) is 1. The molecule has 0 saturated heterocycles. The highest BCUT2D eigenvalue weighted by atomic mass is 79.9. The van der Waals surface area contributed by atoms with Gasteiger partial charge in [-0.1, -0.05) is 12.1 Å². The largest absolute Gasteiger partial charge is 1.00 e. The zero-order chi connectivity index (χ0) is 14.8. The number of hydrogen-bond acceptors (Lipinski definition) is 3. The monoisotopic (exact) mass is 377 g/mol. The predicted molar refractivity (Wildman–Crippen MR) is 84.1 cm³/mol. The summed E-state index contributed by atoms with van der Waals surface area (Å²) in [6.07, 6.45) is 1.97. The summed E-state index contributed by atoms with van der Waals surface area (Å²) in [5, 5.41) is 3.30. The molecule has 114 valence electrons. The third-order valence-electron chi connectivity index (χ3n) is 3.59. The van der Waals surface area contributed by atoms with E-state index in [0.29, 0.717) is 17.9 Å². The molecule has 0 amide bonds. The van der Waals surface area contributed by atoms with E-state index in [1.165, 1.54) is 10.1 Å². The zero-order valence-corrected chi connectivity index (χ0v) is 14.8. The fourth-order valence-electron chi connectivity index (χ4n) is 2.37. The second-order valence-corrected chi connectivity index (χ2v) is 5.81. The summed E-state index contributed by atoms with van der Waals surface area (Å²) >= 11 is 1.70. The number of fused-ring (bicyclic) bond motifs is 1. The number of halogens is 1. The Kier molecular flexibility index (Phi) is 5.32. The van der Waals surface area contributed by atoms with Crippen molar-refractivity contribution in [2.24, 2.45) is 0 Å². The summed E-state index contributed by atoms with van der Waals surface area (Å²) in [7, 11) is 1.60. The molecule has 0 atom stereocenters. The van der Waals surface area contributed by atoms with Crippen molar-refractivity contribution in [3.05, 3.63) is 59.2 Å². The molecule has 0 aliphatic rings. The number of carbonyl (C=O) groups is 1. The van der Waals surface area contributed by atoms with Crippen molar-refractivity contribution in [2.45, 2.75) is 13.5 Å². The number of rotatable bonds is 4. The summed E-state index contributed by atoms with van der Waals surface area (Å²) < 4.78 is 8.40. The van der Waals surface area contributed by atoms with Gasteiger partial charge in [0.1, 0.15) is 10.4 Å². The molecule has 0 spiro atoms. The number of thiophene rings is 1. The maximum atomic E-state index is 12.4. The lowest BCUT2D eigenvalue weighted by Crippen LogP contribution is -3.00. The van der Waals surface area contributed by atoms with Gasteiger partial charge >= 0.3 is 0 Å². The van der Waals surface area contributed by atoms with E-state index in [0.717, 1.165) is 5.69 Å². The van der Waals surface area contributed by atoms with Crippen LogP contribution < -0.4 is 26.3 Å². The van der Waals surface area contributed by atoms with E-state index in [9.17, 15) is 4.79 Å². The van der Waals surface area contributed by atoms with E-state index in [2.05, 4.69) is 24.4 Å². The molecule has 0 aliphatic carbocycles. The second-order valence-electron chi connectivity index (χ2n) is 4.89. The molecule has 0 bridgehead atoms. The highest BCUT2D eigenvalue weighted by Crippen LogP contribution is 2.21. The molecule has 3 aromatic rings. The van der Waals surface area contributed by atoms with Crippen LogP contribution in [-0.4, -0.2) is 12.9 Å². The van der Waals surface area contributed by atoms with Crippen molar-refractivity contribution in [3.8, 4) is 5.75 Å². The molecular weight excluding hydrogens is 362 g/mol. The van der Waals surface area contributed by atoms with Crippen molar-refractivity contribution >= 4 is 27.2 Å². The molecule has 0 N–H and O–H groups in total. The fourth-order valence-corrected chi connectivity index (χ4v) is 3.28. The number of aryl methyl sites for hydroxylation is 1. The molecule has 5 heteroatoms. The lowest BCUT2D eigenvalue weighted by Gasteiger charge is -2.04. The van der Waals surface area contributed by atoms with E-state index in [1.807, 2.05) is 29.0 Å². The Morgan fingerprint density at radius 1 is 1.27 bits per heavy atom. The number of pyridine rings is 1. The van der Waals surface area contributed by atoms with E-state index < -0.39 is 0 Å². The molecule has 0 aliphatic heterocycles. The normalized spacial score (nSPS) is 10.3. The maximum absolute atomic E-state index is 12.4. The average Bonchev–Trinajstić information content (AvgIpc) is 2.99. The van der Waals surface area contributed by atoms with Gasteiger partial charge in [-0.3, -0.25) is 4.79 Å². The maximum Gasteiger partial charge on any atom is 0.227 e. The molecule has 0 saturated carbocycles. The van der Waals surface area contributed by atoms with E-state index >= 15 is 0 Å². The van der Waals surface area contributed by atoms with Crippen LogP contribution in [0.5, 0.6) is 5.75 Å². The number of nitrogens with zero attached hydrogens (tertiary/aromatic N) is 1. The number of ketones is 1. The van der Waals surface area contributed by atoms with Crippen LogP contribution in [0.1, 0.15) is 16.1 Å². The van der Waals surface area contributed by atoms with Crippen LogP contribution >= 0.6 is 11.3 Å².